The van der Waals surface area contributed by atoms with E-state index in [1.165, 1.54) is 13.0 Å². The number of hydrogen-bond acceptors (Lipinski definition) is 20. The van der Waals surface area contributed by atoms with Gasteiger partial charge in [-0.3, -0.25) is 4.79 Å². The van der Waals surface area contributed by atoms with E-state index in [9.17, 15) is 66.1 Å². The Balaban J connectivity index is 1.40. The van der Waals surface area contributed by atoms with Crippen LogP contribution in [0, 0.1) is 0 Å². The summed E-state index contributed by atoms with van der Waals surface area (Å²) in [6, 6.07) is 5.27. The molecule has 0 amide bonds. The third kappa shape index (κ3) is 6.97. The van der Waals surface area contributed by atoms with Gasteiger partial charge in [0.05, 0.1) is 19.3 Å². The molecule has 14 atom stereocenters. The smallest absolute Gasteiger partial charge is 0.239 e. The van der Waals surface area contributed by atoms with Gasteiger partial charge in [0.25, 0.3) is 0 Å². The standard InChI is InChI=1S/C32H38O20/c1-9-19(38)23(42)25(44)30(47-9)52-29-20(39)15(37)8-46-32(29)51-28-22(41)18-14(36)5-11(48-31-26(45)24(43)21(40)17(7-33)50-31)6-16(18)49-27(28)10-2-3-12(34)13(35)4-10/h2-6,9,15,17,19-21,23-26,29-40,42-45H,7-8H2,1H3/t9?,15?,17?,19-,20-,21+,23?,24-,25-,26?,29?,30-,31+,32-/m0/s1. The topological polar surface area (TPSA) is 328 Å². The number of benzene rings is 2. The highest BCUT2D eigenvalue weighted by Gasteiger charge is 2.49. The summed E-state index contributed by atoms with van der Waals surface area (Å²) in [4.78, 5) is 14.1. The molecule has 6 rings (SSSR count). The van der Waals surface area contributed by atoms with Crippen LogP contribution >= 0.6 is 0 Å². The van der Waals surface area contributed by atoms with Crippen molar-refractivity contribution in [1.29, 1.82) is 0 Å². The maximum Gasteiger partial charge on any atom is 0.239 e. The minimum atomic E-state index is -1.85. The zero-order valence-corrected chi connectivity index (χ0v) is 27.0. The van der Waals surface area contributed by atoms with E-state index in [0.29, 0.717) is 0 Å². The maximum absolute atomic E-state index is 14.1. The summed E-state index contributed by atoms with van der Waals surface area (Å²) in [6.07, 6.45) is -23.1. The summed E-state index contributed by atoms with van der Waals surface area (Å²) in [5, 5.41) is 123. The van der Waals surface area contributed by atoms with Crippen LogP contribution in [0.2, 0.25) is 0 Å². The van der Waals surface area contributed by atoms with Crippen molar-refractivity contribution in [1.82, 2.24) is 0 Å². The Morgan fingerprint density at radius 2 is 1.42 bits per heavy atom. The lowest BCUT2D eigenvalue weighted by atomic mass is 9.99. The third-order valence-electron chi connectivity index (χ3n) is 9.01. The predicted molar refractivity (Wildman–Crippen MR) is 167 cm³/mol. The number of aliphatic hydroxyl groups is 9. The molecule has 0 bridgehead atoms. The first-order valence-electron chi connectivity index (χ1n) is 15.9. The first-order chi connectivity index (χ1) is 24.6. The minimum absolute atomic E-state index is 0.0881. The summed E-state index contributed by atoms with van der Waals surface area (Å²) in [7, 11) is 0. The van der Waals surface area contributed by atoms with Gasteiger partial charge in [0.2, 0.25) is 23.8 Å². The van der Waals surface area contributed by atoms with Crippen molar-refractivity contribution >= 4 is 11.0 Å². The molecule has 3 aliphatic heterocycles. The van der Waals surface area contributed by atoms with E-state index >= 15 is 0 Å². The van der Waals surface area contributed by atoms with E-state index in [1.54, 1.807) is 0 Å². The summed E-state index contributed by atoms with van der Waals surface area (Å²) in [5.41, 5.74) is -1.55. The van der Waals surface area contributed by atoms with Crippen molar-refractivity contribution in [3.05, 3.63) is 40.6 Å². The zero-order valence-electron chi connectivity index (χ0n) is 27.0. The number of hydrogen-bond donors (Lipinski definition) is 12. The van der Waals surface area contributed by atoms with Crippen molar-refractivity contribution in [2.45, 2.75) is 92.9 Å². The third-order valence-corrected chi connectivity index (χ3v) is 9.01. The Morgan fingerprint density at radius 1 is 0.731 bits per heavy atom. The van der Waals surface area contributed by atoms with Crippen LogP contribution in [-0.2, 0) is 18.9 Å². The van der Waals surface area contributed by atoms with Crippen LogP contribution in [0.1, 0.15) is 6.92 Å². The van der Waals surface area contributed by atoms with Gasteiger partial charge < -0.3 is 94.1 Å². The van der Waals surface area contributed by atoms with E-state index in [4.69, 9.17) is 32.8 Å². The Bertz CT molecular complexity index is 1800. The van der Waals surface area contributed by atoms with Gasteiger partial charge in [-0.2, -0.15) is 0 Å². The van der Waals surface area contributed by atoms with Gasteiger partial charge in [0, 0.05) is 17.7 Å². The number of aliphatic hydroxyl groups excluding tert-OH is 9. The molecule has 52 heavy (non-hydrogen) atoms. The average Bonchev–Trinajstić information content (AvgIpc) is 3.11. The van der Waals surface area contributed by atoms with Crippen molar-refractivity contribution in [3.8, 4) is 40.1 Å². The highest BCUT2D eigenvalue weighted by Crippen LogP contribution is 2.40. The van der Waals surface area contributed by atoms with Gasteiger partial charge in [-0.1, -0.05) is 0 Å². The molecule has 0 radical (unpaired) electrons. The maximum atomic E-state index is 14.1. The lowest BCUT2D eigenvalue weighted by Gasteiger charge is -2.43. The lowest BCUT2D eigenvalue weighted by Crippen LogP contribution is -2.62. The molecule has 0 saturated carbocycles. The second kappa shape index (κ2) is 14.9. The highest BCUT2D eigenvalue weighted by atomic mass is 16.8. The lowest BCUT2D eigenvalue weighted by molar-refractivity contribution is -0.344. The number of aromatic hydroxyl groups is 3. The van der Waals surface area contributed by atoms with Gasteiger partial charge >= 0.3 is 0 Å². The second-order valence-electron chi connectivity index (χ2n) is 12.6. The fourth-order valence-corrected chi connectivity index (χ4v) is 6.00. The molecule has 6 unspecified atom stereocenters. The van der Waals surface area contributed by atoms with E-state index in [2.05, 4.69) is 0 Å². The van der Waals surface area contributed by atoms with Crippen molar-refractivity contribution in [2.24, 2.45) is 0 Å². The Labute approximate surface area is 292 Å². The first kappa shape index (κ1) is 37.9. The Morgan fingerprint density at radius 3 is 2.12 bits per heavy atom. The normalized spacial score (nSPS) is 36.8. The van der Waals surface area contributed by atoms with E-state index in [-0.39, 0.29) is 16.9 Å². The molecule has 3 aromatic rings. The largest absolute Gasteiger partial charge is 0.507 e. The first-order valence-corrected chi connectivity index (χ1v) is 15.9. The zero-order chi connectivity index (χ0) is 37.8. The molecule has 0 aliphatic carbocycles. The molecule has 3 fully saturated rings. The van der Waals surface area contributed by atoms with Crippen molar-refractivity contribution in [2.75, 3.05) is 13.2 Å². The second-order valence-corrected chi connectivity index (χ2v) is 12.6. The van der Waals surface area contributed by atoms with Crippen LogP contribution in [0.4, 0.5) is 0 Å². The number of ether oxygens (including phenoxy) is 6. The molecule has 20 heteroatoms. The molecule has 2 aromatic carbocycles. The number of phenolic OH excluding ortho intramolecular Hbond substituents is 3. The van der Waals surface area contributed by atoms with E-state index in [0.717, 1.165) is 24.3 Å². The Hall–Kier alpha value is -3.87. The molecular formula is C32H38O20. The molecule has 3 saturated heterocycles. The summed E-state index contributed by atoms with van der Waals surface area (Å²) >= 11 is 0. The summed E-state index contributed by atoms with van der Waals surface area (Å²) in [6.45, 7) is 0.0637. The molecule has 1 aromatic heterocycles. The Kier molecular flexibility index (Phi) is 10.8. The fraction of sp³-hybridized carbons (Fsp3) is 0.531. The number of phenols is 3. The summed E-state index contributed by atoms with van der Waals surface area (Å²) < 4.78 is 39.5. The van der Waals surface area contributed by atoms with Crippen LogP contribution in [0.25, 0.3) is 22.3 Å². The SMILES string of the molecule is CC1O[C@@H](OC2[C@H](Oc3c(-c4ccc(O)c(O)c4)oc4cc(O[C@@H]5OC(CO)[C@@H](O)[C@H](O)C5O)cc(O)c4c3=O)OCC(O)[C@@H]2O)[C@@H](O)C(O)[C@H]1O. The van der Waals surface area contributed by atoms with E-state index < -0.39 is 139 Å². The van der Waals surface area contributed by atoms with Gasteiger partial charge in [0.1, 0.15) is 77.4 Å². The van der Waals surface area contributed by atoms with Crippen LogP contribution in [0.15, 0.2) is 39.5 Å². The molecule has 3 aliphatic rings. The molecule has 286 valence electrons. The van der Waals surface area contributed by atoms with Gasteiger partial charge in [-0.05, 0) is 25.1 Å². The number of fused-ring (bicyclic) bond motifs is 1. The van der Waals surface area contributed by atoms with Crippen LogP contribution < -0.4 is 14.9 Å². The average molecular weight is 743 g/mol. The van der Waals surface area contributed by atoms with Gasteiger partial charge in [-0.25, -0.2) is 0 Å². The molecular weight excluding hydrogens is 704 g/mol. The van der Waals surface area contributed by atoms with Crippen molar-refractivity contribution < 1.29 is 94.1 Å². The quantitative estimate of drug-likeness (QED) is 0.0993. The number of rotatable bonds is 8. The fourth-order valence-electron chi connectivity index (χ4n) is 6.00. The predicted octanol–water partition coefficient (Wildman–Crippen LogP) is -3.57. The minimum Gasteiger partial charge on any atom is -0.507 e. The molecule has 0 spiro atoms. The van der Waals surface area contributed by atoms with Gasteiger partial charge in [-0.15, -0.1) is 0 Å². The monoisotopic (exact) mass is 742 g/mol. The van der Waals surface area contributed by atoms with Crippen LogP contribution in [-0.4, -0.2) is 161 Å². The van der Waals surface area contributed by atoms with Gasteiger partial charge in [0.15, 0.2) is 29.7 Å². The van der Waals surface area contributed by atoms with Crippen LogP contribution in [0.5, 0.6) is 28.7 Å². The van der Waals surface area contributed by atoms with E-state index in [1.807, 2.05) is 0 Å². The highest BCUT2D eigenvalue weighted by molar-refractivity contribution is 5.88. The summed E-state index contributed by atoms with van der Waals surface area (Å²) in [5.74, 6) is -3.44. The molecule has 4 heterocycles. The molecule has 20 nitrogen and oxygen atoms in total. The van der Waals surface area contributed by atoms with Crippen LogP contribution in [0.3, 0.4) is 0 Å². The molecule has 12 N–H and O–H groups in total. The van der Waals surface area contributed by atoms with Crippen molar-refractivity contribution in [3.63, 3.8) is 0 Å².